The molecule has 4 rings (SSSR count). The van der Waals surface area contributed by atoms with Gasteiger partial charge in [0.2, 0.25) is 5.91 Å². The highest BCUT2D eigenvalue weighted by atomic mass is 32.2. The molecule has 1 atom stereocenters. The van der Waals surface area contributed by atoms with Gasteiger partial charge in [-0.05, 0) is 68.9 Å². The third-order valence-electron chi connectivity index (χ3n) is 5.82. The molecule has 1 aromatic carbocycles. The smallest absolute Gasteiger partial charge is 0.341 e. The first-order valence-electron chi connectivity index (χ1n) is 11.7. The highest BCUT2D eigenvalue weighted by molar-refractivity contribution is 7.99. The van der Waals surface area contributed by atoms with Gasteiger partial charge in [0.05, 0.1) is 18.4 Å². The number of methoxy groups -OCH3 is 1. The molecule has 0 fully saturated rings. The predicted molar refractivity (Wildman–Crippen MR) is 142 cm³/mol. The molecule has 3 aromatic rings. The van der Waals surface area contributed by atoms with Crippen molar-refractivity contribution in [2.24, 2.45) is 0 Å². The normalized spacial score (nSPS) is 13.2. The third-order valence-corrected chi connectivity index (χ3v) is 8.00. The number of nitrogens with zero attached hydrogens (tertiary/aromatic N) is 3. The van der Waals surface area contributed by atoms with Crippen LogP contribution < -0.4 is 10.1 Å². The molecule has 190 valence electrons. The lowest BCUT2D eigenvalue weighted by Crippen LogP contribution is -2.17. The van der Waals surface area contributed by atoms with E-state index in [1.165, 1.54) is 30.2 Å². The number of thioether (sulfide) groups is 1. The van der Waals surface area contributed by atoms with Gasteiger partial charge in [0.1, 0.15) is 10.8 Å². The van der Waals surface area contributed by atoms with Crippen LogP contribution in [0.4, 0.5) is 5.00 Å². The van der Waals surface area contributed by atoms with Crippen LogP contribution in [-0.2, 0) is 28.9 Å². The Morgan fingerprint density at radius 2 is 2.00 bits per heavy atom. The zero-order valence-corrected chi connectivity index (χ0v) is 22.6. The average Bonchev–Trinajstić information content (AvgIpc) is 3.51. The van der Waals surface area contributed by atoms with Crippen LogP contribution in [0.2, 0.25) is 0 Å². The van der Waals surface area contributed by atoms with Gasteiger partial charge in [0.25, 0.3) is 0 Å². The molecule has 2 aromatic heterocycles. The molecule has 36 heavy (non-hydrogen) atoms. The van der Waals surface area contributed by atoms with Crippen molar-refractivity contribution in [3.63, 3.8) is 0 Å². The fraction of sp³-hybridized carbons (Fsp3) is 0.385. The Hall–Kier alpha value is -3.11. The number of anilines is 1. The number of rotatable bonds is 10. The monoisotopic (exact) mass is 526 g/mol. The standard InChI is InChI=1S/C26H30N4O4S2/c1-6-10-30-23(17(4)34-18-12-15(2)11-16(3)13-18)28-29-26(30)35-14-21(31)27-24-22(25(32)33-5)19-8-7-9-20(19)36-24/h6,11-13,17H,1,7-10,14H2,2-5H3,(H,27,31). The Morgan fingerprint density at radius 3 is 2.69 bits per heavy atom. The number of amides is 1. The fourth-order valence-corrected chi connectivity index (χ4v) is 6.42. The van der Waals surface area contributed by atoms with E-state index in [1.54, 1.807) is 6.08 Å². The summed E-state index contributed by atoms with van der Waals surface area (Å²) in [5, 5.41) is 12.7. The maximum absolute atomic E-state index is 12.8. The SMILES string of the molecule is C=CCn1c(SCC(=O)Nc2sc3c(c2C(=O)OC)CCC3)nnc1C(C)Oc1cc(C)cc(C)c1. The van der Waals surface area contributed by atoms with Crippen LogP contribution in [0.1, 0.15) is 57.2 Å². The van der Waals surface area contributed by atoms with Gasteiger partial charge in [-0.2, -0.15) is 0 Å². The highest BCUT2D eigenvalue weighted by Gasteiger charge is 2.28. The lowest BCUT2D eigenvalue weighted by Gasteiger charge is -2.16. The lowest BCUT2D eigenvalue weighted by atomic mass is 10.1. The second-order valence-corrected chi connectivity index (χ2v) is 10.8. The zero-order valence-electron chi connectivity index (χ0n) is 20.9. The summed E-state index contributed by atoms with van der Waals surface area (Å²) in [6.07, 6.45) is 4.18. The second-order valence-electron chi connectivity index (χ2n) is 8.71. The maximum atomic E-state index is 12.8. The minimum absolute atomic E-state index is 0.116. The number of aromatic nitrogens is 3. The number of fused-ring (bicyclic) bond motifs is 1. The van der Waals surface area contributed by atoms with Crippen LogP contribution >= 0.6 is 23.1 Å². The van der Waals surface area contributed by atoms with Crippen LogP contribution in [0.5, 0.6) is 5.75 Å². The van der Waals surface area contributed by atoms with E-state index < -0.39 is 5.97 Å². The zero-order chi connectivity index (χ0) is 25.8. The van der Waals surface area contributed by atoms with E-state index in [1.807, 2.05) is 37.5 Å². The van der Waals surface area contributed by atoms with E-state index in [0.717, 1.165) is 46.6 Å². The van der Waals surface area contributed by atoms with E-state index in [-0.39, 0.29) is 17.8 Å². The molecule has 10 heteroatoms. The summed E-state index contributed by atoms with van der Waals surface area (Å²) >= 11 is 2.74. The van der Waals surface area contributed by atoms with Gasteiger partial charge in [-0.15, -0.1) is 28.1 Å². The van der Waals surface area contributed by atoms with Crippen molar-refractivity contribution in [2.45, 2.75) is 57.8 Å². The van der Waals surface area contributed by atoms with Crippen molar-refractivity contribution in [1.82, 2.24) is 14.8 Å². The van der Waals surface area contributed by atoms with Gasteiger partial charge >= 0.3 is 5.97 Å². The summed E-state index contributed by atoms with van der Waals surface area (Å²) in [4.78, 5) is 26.3. The van der Waals surface area contributed by atoms with Crippen molar-refractivity contribution >= 4 is 40.0 Å². The van der Waals surface area contributed by atoms with Crippen LogP contribution in [0.3, 0.4) is 0 Å². The van der Waals surface area contributed by atoms with Gasteiger partial charge in [-0.25, -0.2) is 4.79 Å². The number of hydrogen-bond donors (Lipinski definition) is 1. The molecule has 0 aliphatic heterocycles. The Morgan fingerprint density at radius 1 is 1.25 bits per heavy atom. The van der Waals surface area contributed by atoms with E-state index >= 15 is 0 Å². The summed E-state index contributed by atoms with van der Waals surface area (Å²) in [7, 11) is 1.36. The molecule has 1 aliphatic carbocycles. The van der Waals surface area contributed by atoms with Gasteiger partial charge in [-0.3, -0.25) is 9.36 Å². The van der Waals surface area contributed by atoms with Crippen molar-refractivity contribution in [3.8, 4) is 5.75 Å². The van der Waals surface area contributed by atoms with Gasteiger partial charge in [-0.1, -0.05) is 23.9 Å². The Labute approximate surface area is 219 Å². The number of carbonyl (C=O) groups is 2. The molecule has 1 N–H and O–H groups in total. The molecule has 0 saturated heterocycles. The number of benzene rings is 1. The number of carbonyl (C=O) groups excluding carboxylic acids is 2. The quantitative estimate of drug-likeness (QED) is 0.218. The first-order valence-corrected chi connectivity index (χ1v) is 13.5. The van der Waals surface area contributed by atoms with Crippen LogP contribution in [0.25, 0.3) is 0 Å². The fourth-order valence-electron chi connectivity index (χ4n) is 4.37. The van der Waals surface area contributed by atoms with Gasteiger partial charge in [0.15, 0.2) is 17.1 Å². The number of aryl methyl sites for hydroxylation is 3. The molecular weight excluding hydrogens is 496 g/mol. The van der Waals surface area contributed by atoms with E-state index in [9.17, 15) is 9.59 Å². The number of thiophene rings is 1. The van der Waals surface area contributed by atoms with Crippen molar-refractivity contribution in [1.29, 1.82) is 0 Å². The molecule has 0 bridgehead atoms. The van der Waals surface area contributed by atoms with Crippen LogP contribution in [0, 0.1) is 13.8 Å². The van der Waals surface area contributed by atoms with Crippen molar-refractivity contribution < 1.29 is 19.1 Å². The number of hydrogen-bond acceptors (Lipinski definition) is 8. The van der Waals surface area contributed by atoms with Crippen molar-refractivity contribution in [2.75, 3.05) is 18.2 Å². The topological polar surface area (TPSA) is 95.3 Å². The molecule has 2 heterocycles. The second kappa shape index (κ2) is 11.3. The Kier molecular flexibility index (Phi) is 8.15. The minimum Gasteiger partial charge on any atom is -0.483 e. The van der Waals surface area contributed by atoms with Crippen LogP contribution in [0.15, 0.2) is 36.0 Å². The molecule has 0 spiro atoms. The maximum Gasteiger partial charge on any atom is 0.341 e. The summed E-state index contributed by atoms with van der Waals surface area (Å²) in [5.41, 5.74) is 3.74. The third kappa shape index (κ3) is 5.65. The van der Waals surface area contributed by atoms with Gasteiger partial charge in [0, 0.05) is 11.4 Å². The highest BCUT2D eigenvalue weighted by Crippen LogP contribution is 2.39. The number of esters is 1. The number of ether oxygens (including phenoxy) is 2. The molecule has 1 unspecified atom stereocenters. The van der Waals surface area contributed by atoms with Crippen LogP contribution in [-0.4, -0.2) is 39.5 Å². The predicted octanol–water partition coefficient (Wildman–Crippen LogP) is 5.29. The minimum atomic E-state index is -0.412. The molecule has 8 nitrogen and oxygen atoms in total. The lowest BCUT2D eigenvalue weighted by molar-refractivity contribution is -0.113. The molecular formula is C26H30N4O4S2. The summed E-state index contributed by atoms with van der Waals surface area (Å²) in [6, 6.07) is 6.07. The number of allylic oxidation sites excluding steroid dienone is 1. The first-order chi connectivity index (χ1) is 17.3. The van der Waals surface area contributed by atoms with Gasteiger partial charge < -0.3 is 14.8 Å². The molecule has 1 aliphatic rings. The summed E-state index contributed by atoms with van der Waals surface area (Å²) < 4.78 is 13.0. The van der Waals surface area contributed by atoms with E-state index in [4.69, 9.17) is 9.47 Å². The average molecular weight is 527 g/mol. The summed E-state index contributed by atoms with van der Waals surface area (Å²) in [5.74, 6) is 0.903. The Bertz CT molecular complexity index is 1280. The molecule has 1 amide bonds. The largest absolute Gasteiger partial charge is 0.483 e. The first kappa shape index (κ1) is 26.0. The van der Waals surface area contributed by atoms with E-state index in [0.29, 0.717) is 28.1 Å². The number of nitrogens with one attached hydrogen (secondary N) is 1. The van der Waals surface area contributed by atoms with Crippen molar-refractivity contribution in [3.05, 3.63) is 63.8 Å². The van der Waals surface area contributed by atoms with E-state index in [2.05, 4.69) is 28.2 Å². The summed E-state index contributed by atoms with van der Waals surface area (Å²) in [6.45, 7) is 10.3. The molecule has 0 saturated carbocycles. The molecule has 0 radical (unpaired) electrons. The Balaban J connectivity index is 1.45.